The molecule has 0 bridgehead atoms. The summed E-state index contributed by atoms with van der Waals surface area (Å²) < 4.78 is 0. The molecule has 106 valence electrons. The molecule has 0 spiro atoms. The third kappa shape index (κ3) is 3.47. The lowest BCUT2D eigenvalue weighted by atomic mass is 10.1. The third-order valence-electron chi connectivity index (χ3n) is 3.32. The van der Waals surface area contributed by atoms with Crippen molar-refractivity contribution >= 4 is 28.1 Å². The van der Waals surface area contributed by atoms with Crippen molar-refractivity contribution < 1.29 is 4.79 Å². The number of thiophene rings is 1. The lowest BCUT2D eigenvalue weighted by Gasteiger charge is -2.05. The Labute approximate surface area is 127 Å². The van der Waals surface area contributed by atoms with E-state index in [2.05, 4.69) is 22.4 Å². The van der Waals surface area contributed by atoms with Gasteiger partial charge in [0.15, 0.2) is 0 Å². The highest BCUT2D eigenvalue weighted by Gasteiger charge is 2.05. The second-order valence-corrected chi connectivity index (χ2v) is 5.82. The van der Waals surface area contributed by atoms with Crippen molar-refractivity contribution in [2.24, 2.45) is 0 Å². The van der Waals surface area contributed by atoms with Gasteiger partial charge in [0, 0.05) is 18.1 Å². The molecule has 0 aliphatic heterocycles. The Kier molecular flexibility index (Phi) is 4.26. The first-order chi connectivity index (χ1) is 10.3. The predicted octanol–water partition coefficient (Wildman–Crippen LogP) is 3.66. The summed E-state index contributed by atoms with van der Waals surface area (Å²) in [7, 11) is 0. The molecule has 3 rings (SSSR count). The van der Waals surface area contributed by atoms with Crippen LogP contribution in [0, 0.1) is 0 Å². The number of hydrogen-bond donors (Lipinski definition) is 1. The van der Waals surface area contributed by atoms with Gasteiger partial charge in [0.05, 0.1) is 10.4 Å². The molecule has 3 aromatic rings. The minimum absolute atomic E-state index is 0.0154. The van der Waals surface area contributed by atoms with E-state index < -0.39 is 0 Å². The second kappa shape index (κ2) is 6.50. The van der Waals surface area contributed by atoms with Gasteiger partial charge < -0.3 is 5.32 Å². The number of pyridine rings is 1. The van der Waals surface area contributed by atoms with Crippen molar-refractivity contribution in [3.63, 3.8) is 0 Å². The van der Waals surface area contributed by atoms with Crippen molar-refractivity contribution in [2.45, 2.75) is 12.8 Å². The Morgan fingerprint density at radius 1 is 1.19 bits per heavy atom. The summed E-state index contributed by atoms with van der Waals surface area (Å²) in [5, 5.41) is 6.02. The van der Waals surface area contributed by atoms with Gasteiger partial charge in [0.25, 0.3) is 5.91 Å². The van der Waals surface area contributed by atoms with Crippen LogP contribution in [0.2, 0.25) is 0 Å². The van der Waals surface area contributed by atoms with Crippen molar-refractivity contribution in [1.82, 2.24) is 10.3 Å². The number of benzene rings is 1. The SMILES string of the molecule is O=C(NCCCc1cnc2ccccc2c1)c1cccs1. The van der Waals surface area contributed by atoms with E-state index in [9.17, 15) is 4.79 Å². The van der Waals surface area contributed by atoms with Crippen molar-refractivity contribution in [3.8, 4) is 0 Å². The average Bonchev–Trinajstić information content (AvgIpc) is 3.06. The summed E-state index contributed by atoms with van der Waals surface area (Å²) in [4.78, 5) is 17.0. The monoisotopic (exact) mass is 296 g/mol. The average molecular weight is 296 g/mol. The van der Waals surface area contributed by atoms with Gasteiger partial charge in [-0.25, -0.2) is 0 Å². The fourth-order valence-corrected chi connectivity index (χ4v) is 2.88. The Balaban J connectivity index is 1.51. The summed E-state index contributed by atoms with van der Waals surface area (Å²) in [5.41, 5.74) is 2.23. The van der Waals surface area contributed by atoms with Gasteiger partial charge >= 0.3 is 0 Å². The minimum atomic E-state index is 0.0154. The highest BCUT2D eigenvalue weighted by molar-refractivity contribution is 7.12. The largest absolute Gasteiger partial charge is 0.351 e. The number of hydrogen-bond acceptors (Lipinski definition) is 3. The lowest BCUT2D eigenvalue weighted by Crippen LogP contribution is -2.23. The van der Waals surface area contributed by atoms with E-state index in [0.29, 0.717) is 6.54 Å². The number of fused-ring (bicyclic) bond motifs is 1. The zero-order valence-electron chi connectivity index (χ0n) is 11.6. The summed E-state index contributed by atoms with van der Waals surface area (Å²) >= 11 is 1.46. The predicted molar refractivity (Wildman–Crippen MR) is 86.7 cm³/mol. The van der Waals surface area contributed by atoms with E-state index in [-0.39, 0.29) is 5.91 Å². The van der Waals surface area contributed by atoms with Crippen molar-refractivity contribution in [1.29, 1.82) is 0 Å². The number of carbonyl (C=O) groups excluding carboxylic acids is 1. The molecule has 2 aromatic heterocycles. The molecule has 0 aliphatic rings. The van der Waals surface area contributed by atoms with Crippen LogP contribution < -0.4 is 5.32 Å². The molecule has 0 unspecified atom stereocenters. The molecule has 0 radical (unpaired) electrons. The van der Waals surface area contributed by atoms with Crippen LogP contribution in [-0.4, -0.2) is 17.4 Å². The van der Waals surface area contributed by atoms with Crippen LogP contribution in [0.15, 0.2) is 54.0 Å². The zero-order valence-corrected chi connectivity index (χ0v) is 12.4. The molecule has 0 saturated heterocycles. The van der Waals surface area contributed by atoms with Crippen LogP contribution in [-0.2, 0) is 6.42 Å². The fourth-order valence-electron chi connectivity index (χ4n) is 2.24. The van der Waals surface area contributed by atoms with E-state index >= 15 is 0 Å². The van der Waals surface area contributed by atoms with Crippen LogP contribution >= 0.6 is 11.3 Å². The topological polar surface area (TPSA) is 42.0 Å². The zero-order chi connectivity index (χ0) is 14.5. The maximum Gasteiger partial charge on any atom is 0.261 e. The van der Waals surface area contributed by atoms with E-state index in [4.69, 9.17) is 0 Å². The van der Waals surface area contributed by atoms with Crippen LogP contribution in [0.25, 0.3) is 10.9 Å². The first kappa shape index (κ1) is 13.8. The van der Waals surface area contributed by atoms with E-state index in [1.54, 1.807) is 0 Å². The number of amides is 1. The van der Waals surface area contributed by atoms with Gasteiger partial charge in [-0.3, -0.25) is 9.78 Å². The molecule has 0 atom stereocenters. The number of carbonyl (C=O) groups is 1. The smallest absolute Gasteiger partial charge is 0.261 e. The van der Waals surface area contributed by atoms with Crippen LogP contribution in [0.1, 0.15) is 21.7 Å². The molecule has 21 heavy (non-hydrogen) atoms. The number of para-hydroxylation sites is 1. The number of aromatic nitrogens is 1. The highest BCUT2D eigenvalue weighted by atomic mass is 32.1. The highest BCUT2D eigenvalue weighted by Crippen LogP contribution is 2.13. The van der Waals surface area contributed by atoms with Crippen LogP contribution in [0.5, 0.6) is 0 Å². The standard InChI is InChI=1S/C17H16N2OS/c20-17(16-8-4-10-21-16)18-9-3-5-13-11-14-6-1-2-7-15(14)19-12-13/h1-2,4,6-8,10-12H,3,5,9H2,(H,18,20). The summed E-state index contributed by atoms with van der Waals surface area (Å²) in [6, 6.07) is 14.0. The Hall–Kier alpha value is -2.20. The second-order valence-electron chi connectivity index (χ2n) is 4.87. The molecular weight excluding hydrogens is 280 g/mol. The summed E-state index contributed by atoms with van der Waals surface area (Å²) in [5.74, 6) is 0.0154. The number of nitrogens with zero attached hydrogens (tertiary/aromatic N) is 1. The van der Waals surface area contributed by atoms with Gasteiger partial charge in [0.1, 0.15) is 0 Å². The van der Waals surface area contributed by atoms with Crippen molar-refractivity contribution in [2.75, 3.05) is 6.54 Å². The number of aryl methyl sites for hydroxylation is 1. The molecule has 1 N–H and O–H groups in total. The Bertz CT molecular complexity index is 737. The van der Waals surface area contributed by atoms with Gasteiger partial charge in [-0.15, -0.1) is 11.3 Å². The normalized spacial score (nSPS) is 10.7. The van der Waals surface area contributed by atoms with E-state index in [1.807, 2.05) is 41.9 Å². The van der Waals surface area contributed by atoms with Gasteiger partial charge in [-0.05, 0) is 42.0 Å². The van der Waals surface area contributed by atoms with Gasteiger partial charge in [-0.2, -0.15) is 0 Å². The first-order valence-corrected chi connectivity index (χ1v) is 7.86. The van der Waals surface area contributed by atoms with Crippen molar-refractivity contribution in [3.05, 3.63) is 64.5 Å². The molecule has 0 fully saturated rings. The third-order valence-corrected chi connectivity index (χ3v) is 4.19. The van der Waals surface area contributed by atoms with E-state index in [1.165, 1.54) is 16.9 Å². The Morgan fingerprint density at radius 3 is 2.95 bits per heavy atom. The van der Waals surface area contributed by atoms with Crippen LogP contribution in [0.4, 0.5) is 0 Å². The number of rotatable bonds is 5. The molecule has 3 nitrogen and oxygen atoms in total. The number of nitrogens with one attached hydrogen (secondary N) is 1. The first-order valence-electron chi connectivity index (χ1n) is 6.98. The summed E-state index contributed by atoms with van der Waals surface area (Å²) in [6.07, 6.45) is 3.75. The minimum Gasteiger partial charge on any atom is -0.351 e. The molecule has 1 amide bonds. The molecule has 2 heterocycles. The fraction of sp³-hybridized carbons (Fsp3) is 0.176. The maximum atomic E-state index is 11.8. The molecule has 1 aromatic carbocycles. The van der Waals surface area contributed by atoms with Gasteiger partial charge in [-0.1, -0.05) is 24.3 Å². The molecular formula is C17H16N2OS. The summed E-state index contributed by atoms with van der Waals surface area (Å²) in [6.45, 7) is 0.684. The maximum absolute atomic E-state index is 11.8. The molecule has 0 aliphatic carbocycles. The molecule has 4 heteroatoms. The Morgan fingerprint density at radius 2 is 2.10 bits per heavy atom. The van der Waals surface area contributed by atoms with Crippen LogP contribution in [0.3, 0.4) is 0 Å². The quantitative estimate of drug-likeness (QED) is 0.730. The lowest BCUT2D eigenvalue weighted by molar-refractivity contribution is 0.0957. The van der Waals surface area contributed by atoms with E-state index in [0.717, 1.165) is 28.6 Å². The van der Waals surface area contributed by atoms with Gasteiger partial charge in [0.2, 0.25) is 0 Å². The molecule has 0 saturated carbocycles.